The van der Waals surface area contributed by atoms with E-state index in [0.29, 0.717) is 12.3 Å². The van der Waals surface area contributed by atoms with Crippen molar-refractivity contribution in [2.24, 2.45) is 0 Å². The Hall–Kier alpha value is -1.11. The molecule has 1 aromatic rings. The molecule has 0 aliphatic heterocycles. The van der Waals surface area contributed by atoms with Crippen LogP contribution in [0, 0.1) is 0 Å². The second-order valence-electron chi connectivity index (χ2n) is 3.77. The zero-order valence-corrected chi connectivity index (χ0v) is 10.7. The van der Waals surface area contributed by atoms with E-state index in [4.69, 9.17) is 9.84 Å². The molecule has 0 aromatic heterocycles. The molecule has 0 bridgehead atoms. The third-order valence-electron chi connectivity index (χ3n) is 2.31. The highest BCUT2D eigenvalue weighted by Crippen LogP contribution is 2.13. The van der Waals surface area contributed by atoms with Gasteiger partial charge in [0.1, 0.15) is 5.25 Å². The molecule has 0 fully saturated rings. The molecule has 1 aromatic carbocycles. The third-order valence-corrected chi connectivity index (χ3v) is 4.04. The Morgan fingerprint density at radius 1 is 1.35 bits per heavy atom. The first-order chi connectivity index (χ1) is 7.99. The lowest BCUT2D eigenvalue weighted by molar-refractivity contribution is 0.185. The first-order valence-electron chi connectivity index (χ1n) is 5.20. The SMILES string of the molecule is COCc1ccc(NS(=O)(=O)C(C)CO)cc1. The lowest BCUT2D eigenvalue weighted by Crippen LogP contribution is -2.28. The summed E-state index contributed by atoms with van der Waals surface area (Å²) >= 11 is 0. The summed E-state index contributed by atoms with van der Waals surface area (Å²) in [5, 5.41) is 7.99. The van der Waals surface area contributed by atoms with Crippen molar-refractivity contribution in [3.63, 3.8) is 0 Å². The molecule has 0 radical (unpaired) electrons. The lowest BCUT2D eigenvalue weighted by atomic mass is 10.2. The van der Waals surface area contributed by atoms with Gasteiger partial charge in [0.15, 0.2) is 0 Å². The van der Waals surface area contributed by atoms with Crippen LogP contribution in [0.3, 0.4) is 0 Å². The summed E-state index contributed by atoms with van der Waals surface area (Å²) in [5.74, 6) is 0. The maximum Gasteiger partial charge on any atom is 0.237 e. The van der Waals surface area contributed by atoms with Crippen molar-refractivity contribution in [1.82, 2.24) is 0 Å². The molecule has 1 rings (SSSR count). The number of nitrogens with one attached hydrogen (secondary N) is 1. The minimum Gasteiger partial charge on any atom is -0.395 e. The predicted molar refractivity (Wildman–Crippen MR) is 66.2 cm³/mol. The molecule has 1 atom stereocenters. The highest BCUT2D eigenvalue weighted by molar-refractivity contribution is 7.93. The van der Waals surface area contributed by atoms with Crippen molar-refractivity contribution >= 4 is 15.7 Å². The zero-order chi connectivity index (χ0) is 12.9. The molecule has 2 N–H and O–H groups in total. The molecule has 0 spiro atoms. The Labute approximate surface area is 101 Å². The highest BCUT2D eigenvalue weighted by atomic mass is 32.2. The molecule has 1 unspecified atom stereocenters. The van der Waals surface area contributed by atoms with E-state index in [1.165, 1.54) is 6.92 Å². The standard InChI is InChI=1S/C11H17NO4S/c1-9(7-13)17(14,15)12-11-5-3-10(4-6-11)8-16-2/h3-6,9,12-13H,7-8H2,1-2H3. The van der Waals surface area contributed by atoms with Gasteiger partial charge in [0, 0.05) is 12.8 Å². The molecule has 0 amide bonds. The minimum atomic E-state index is -3.52. The molecular weight excluding hydrogens is 242 g/mol. The predicted octanol–water partition coefficient (Wildman–Crippen LogP) is 0.955. The van der Waals surface area contributed by atoms with Gasteiger partial charge in [-0.25, -0.2) is 8.42 Å². The highest BCUT2D eigenvalue weighted by Gasteiger charge is 2.19. The maximum absolute atomic E-state index is 11.6. The summed E-state index contributed by atoms with van der Waals surface area (Å²) in [4.78, 5) is 0. The summed E-state index contributed by atoms with van der Waals surface area (Å²) < 4.78 is 30.7. The van der Waals surface area contributed by atoms with E-state index in [1.807, 2.05) is 0 Å². The quantitative estimate of drug-likeness (QED) is 0.797. The molecule has 0 saturated carbocycles. The van der Waals surface area contributed by atoms with Crippen molar-refractivity contribution in [3.8, 4) is 0 Å². The van der Waals surface area contributed by atoms with E-state index >= 15 is 0 Å². The van der Waals surface area contributed by atoms with Gasteiger partial charge in [-0.05, 0) is 24.6 Å². The Balaban J connectivity index is 2.75. The van der Waals surface area contributed by atoms with Crippen molar-refractivity contribution in [2.45, 2.75) is 18.8 Å². The number of rotatable bonds is 6. The van der Waals surface area contributed by atoms with Crippen LogP contribution in [0.4, 0.5) is 5.69 Å². The van der Waals surface area contributed by atoms with Gasteiger partial charge >= 0.3 is 0 Å². The van der Waals surface area contributed by atoms with Crippen LogP contribution in [0.2, 0.25) is 0 Å². The first-order valence-corrected chi connectivity index (χ1v) is 6.74. The Morgan fingerprint density at radius 3 is 2.41 bits per heavy atom. The van der Waals surface area contributed by atoms with Gasteiger partial charge in [-0.2, -0.15) is 0 Å². The fourth-order valence-electron chi connectivity index (χ4n) is 1.20. The number of hydrogen-bond acceptors (Lipinski definition) is 4. The average molecular weight is 259 g/mol. The fourth-order valence-corrected chi connectivity index (χ4v) is 2.06. The number of anilines is 1. The van der Waals surface area contributed by atoms with Gasteiger partial charge < -0.3 is 9.84 Å². The largest absolute Gasteiger partial charge is 0.395 e. The van der Waals surface area contributed by atoms with Crippen molar-refractivity contribution in [3.05, 3.63) is 29.8 Å². The van der Waals surface area contributed by atoms with Gasteiger partial charge in [0.2, 0.25) is 10.0 Å². The normalized spacial score (nSPS) is 13.4. The van der Waals surface area contributed by atoms with Gasteiger partial charge in [-0.15, -0.1) is 0 Å². The fraction of sp³-hybridized carbons (Fsp3) is 0.455. The topological polar surface area (TPSA) is 75.6 Å². The lowest BCUT2D eigenvalue weighted by Gasteiger charge is -2.12. The minimum absolute atomic E-state index is 0.406. The second kappa shape index (κ2) is 6.00. The average Bonchev–Trinajstić information content (AvgIpc) is 2.30. The first kappa shape index (κ1) is 14.0. The number of benzene rings is 1. The Morgan fingerprint density at radius 2 is 1.94 bits per heavy atom. The maximum atomic E-state index is 11.6. The molecular formula is C11H17NO4S. The van der Waals surface area contributed by atoms with E-state index in [2.05, 4.69) is 4.72 Å². The number of ether oxygens (including phenoxy) is 1. The summed E-state index contributed by atoms with van der Waals surface area (Å²) in [7, 11) is -1.92. The molecule has 0 saturated heterocycles. The van der Waals surface area contributed by atoms with E-state index in [-0.39, 0.29) is 0 Å². The zero-order valence-electron chi connectivity index (χ0n) is 9.88. The van der Waals surface area contributed by atoms with Gasteiger partial charge in [0.25, 0.3) is 0 Å². The van der Waals surface area contributed by atoms with Crippen LogP contribution in [0.15, 0.2) is 24.3 Å². The van der Waals surface area contributed by atoms with Crippen molar-refractivity contribution in [1.29, 1.82) is 0 Å². The molecule has 96 valence electrons. The van der Waals surface area contributed by atoms with Crippen LogP contribution in [0.5, 0.6) is 0 Å². The van der Waals surface area contributed by atoms with E-state index in [9.17, 15) is 8.42 Å². The Bertz CT molecular complexity index is 441. The van der Waals surface area contributed by atoms with Crippen LogP contribution in [0.25, 0.3) is 0 Å². The Kier molecular flexibility index (Phi) is 4.92. The second-order valence-corrected chi connectivity index (χ2v) is 5.87. The van der Waals surface area contributed by atoms with Gasteiger partial charge in [-0.1, -0.05) is 12.1 Å². The van der Waals surface area contributed by atoms with Crippen LogP contribution in [0.1, 0.15) is 12.5 Å². The van der Waals surface area contributed by atoms with Crippen LogP contribution >= 0.6 is 0 Å². The van der Waals surface area contributed by atoms with Crippen LogP contribution < -0.4 is 4.72 Å². The van der Waals surface area contributed by atoms with E-state index in [0.717, 1.165) is 5.56 Å². The van der Waals surface area contributed by atoms with Crippen LogP contribution in [-0.4, -0.2) is 32.5 Å². The van der Waals surface area contributed by atoms with E-state index in [1.54, 1.807) is 31.4 Å². The summed E-state index contributed by atoms with van der Waals surface area (Å²) in [6.45, 7) is 1.53. The molecule has 0 aliphatic carbocycles. The van der Waals surface area contributed by atoms with Crippen LogP contribution in [-0.2, 0) is 21.4 Å². The molecule has 5 nitrogen and oxygen atoms in total. The number of aliphatic hydroxyl groups excluding tert-OH is 1. The van der Waals surface area contributed by atoms with E-state index < -0.39 is 21.9 Å². The van der Waals surface area contributed by atoms with Crippen molar-refractivity contribution in [2.75, 3.05) is 18.4 Å². The number of methoxy groups -OCH3 is 1. The number of hydrogen-bond donors (Lipinski definition) is 2. The molecule has 6 heteroatoms. The number of sulfonamides is 1. The van der Waals surface area contributed by atoms with Gasteiger partial charge in [-0.3, -0.25) is 4.72 Å². The molecule has 17 heavy (non-hydrogen) atoms. The van der Waals surface area contributed by atoms with Gasteiger partial charge in [0.05, 0.1) is 13.2 Å². The summed E-state index contributed by atoms with van der Waals surface area (Å²) in [6, 6.07) is 6.89. The summed E-state index contributed by atoms with van der Waals surface area (Å²) in [5.41, 5.74) is 1.44. The molecule has 0 heterocycles. The number of aliphatic hydroxyl groups is 1. The molecule has 0 aliphatic rings. The third kappa shape index (κ3) is 3.99. The monoisotopic (exact) mass is 259 g/mol. The smallest absolute Gasteiger partial charge is 0.237 e. The van der Waals surface area contributed by atoms with Crippen molar-refractivity contribution < 1.29 is 18.3 Å². The summed E-state index contributed by atoms with van der Waals surface area (Å²) in [6.07, 6.45) is 0.